The van der Waals surface area contributed by atoms with Gasteiger partial charge in [0.25, 0.3) is 0 Å². The van der Waals surface area contributed by atoms with E-state index in [0.29, 0.717) is 19.4 Å². The lowest BCUT2D eigenvalue weighted by atomic mass is 9.79. The Morgan fingerprint density at radius 2 is 1.68 bits per heavy atom. The van der Waals surface area contributed by atoms with E-state index in [2.05, 4.69) is 5.32 Å². The molecular formula is C16H31N2O4. The molecule has 1 aliphatic rings. The first-order chi connectivity index (χ1) is 10.2. The fourth-order valence-electron chi connectivity index (χ4n) is 3.31. The summed E-state index contributed by atoms with van der Waals surface area (Å²) in [4.78, 5) is 11.8. The highest BCUT2D eigenvalue weighted by Gasteiger charge is 2.46. The summed E-state index contributed by atoms with van der Waals surface area (Å²) in [6, 6.07) is -0.0444. The summed E-state index contributed by atoms with van der Waals surface area (Å²) in [6.45, 7) is 8.23. The summed E-state index contributed by atoms with van der Waals surface area (Å²) >= 11 is 0. The second-order valence-electron chi connectivity index (χ2n) is 7.44. The lowest BCUT2D eigenvalue weighted by Crippen LogP contribution is -2.62. The third-order valence-corrected chi connectivity index (χ3v) is 4.20. The fourth-order valence-corrected chi connectivity index (χ4v) is 3.31. The number of alkyl carbamates (subject to hydrolysis) is 1. The highest BCUT2D eigenvalue weighted by molar-refractivity contribution is 5.67. The van der Waals surface area contributed by atoms with Crippen molar-refractivity contribution in [3.8, 4) is 0 Å². The average Bonchev–Trinajstić information content (AvgIpc) is 2.39. The monoisotopic (exact) mass is 315 g/mol. The molecule has 0 atom stereocenters. The van der Waals surface area contributed by atoms with Crippen LogP contribution in [0.3, 0.4) is 0 Å². The van der Waals surface area contributed by atoms with Gasteiger partial charge in [0, 0.05) is 23.7 Å². The van der Waals surface area contributed by atoms with Crippen molar-refractivity contribution in [2.45, 2.75) is 83.3 Å². The van der Waals surface area contributed by atoms with Gasteiger partial charge in [0.2, 0.25) is 0 Å². The molecular weight excluding hydrogens is 284 g/mol. The molecule has 129 valence electrons. The topological polar surface area (TPSA) is 81.7 Å². The zero-order valence-corrected chi connectivity index (χ0v) is 14.4. The number of aliphatic hydroxyl groups is 1. The first-order valence-electron chi connectivity index (χ1n) is 8.21. The van der Waals surface area contributed by atoms with Gasteiger partial charge < -0.3 is 15.2 Å². The third-order valence-electron chi connectivity index (χ3n) is 4.20. The highest BCUT2D eigenvalue weighted by atomic mass is 16.5. The molecule has 2 N–H and O–H groups in total. The van der Waals surface area contributed by atoms with Crippen molar-refractivity contribution < 1.29 is 19.8 Å². The molecule has 1 heterocycles. The number of amides is 1. The van der Waals surface area contributed by atoms with Crippen LogP contribution < -0.4 is 5.32 Å². The highest BCUT2D eigenvalue weighted by Crippen LogP contribution is 2.36. The summed E-state index contributed by atoms with van der Waals surface area (Å²) in [7, 11) is 0. The van der Waals surface area contributed by atoms with E-state index in [1.165, 1.54) is 0 Å². The Kier molecular flexibility index (Phi) is 7.09. The predicted molar refractivity (Wildman–Crippen MR) is 83.7 cm³/mol. The van der Waals surface area contributed by atoms with Crippen molar-refractivity contribution in [1.82, 2.24) is 10.4 Å². The molecule has 22 heavy (non-hydrogen) atoms. The van der Waals surface area contributed by atoms with Gasteiger partial charge in [-0.2, -0.15) is 0 Å². The molecule has 0 aromatic heterocycles. The van der Waals surface area contributed by atoms with E-state index in [1.807, 2.05) is 27.7 Å². The lowest BCUT2D eigenvalue weighted by molar-refractivity contribution is -0.289. The smallest absolute Gasteiger partial charge is 0.407 e. The van der Waals surface area contributed by atoms with Crippen molar-refractivity contribution in [3.63, 3.8) is 0 Å². The second kappa shape index (κ2) is 8.13. The Morgan fingerprint density at radius 1 is 1.14 bits per heavy atom. The summed E-state index contributed by atoms with van der Waals surface area (Å²) < 4.78 is 5.18. The number of piperidine rings is 1. The summed E-state index contributed by atoms with van der Waals surface area (Å²) in [5.74, 6) is 0. The fraction of sp³-hybridized carbons (Fsp3) is 0.938. The molecule has 1 aliphatic heterocycles. The number of aliphatic hydroxyl groups excluding tert-OH is 1. The average molecular weight is 315 g/mol. The number of nitrogens with zero attached hydrogens (tertiary/aromatic N) is 1. The van der Waals surface area contributed by atoms with Crippen LogP contribution in [0.1, 0.15) is 66.2 Å². The van der Waals surface area contributed by atoms with Crippen LogP contribution in [0.5, 0.6) is 0 Å². The molecule has 0 unspecified atom stereocenters. The van der Waals surface area contributed by atoms with Crippen LogP contribution in [0.4, 0.5) is 4.79 Å². The largest absolute Gasteiger partial charge is 0.450 e. The van der Waals surface area contributed by atoms with Crippen molar-refractivity contribution >= 4 is 6.09 Å². The van der Waals surface area contributed by atoms with E-state index >= 15 is 0 Å². The molecule has 0 aromatic rings. The molecule has 6 heteroatoms. The molecule has 1 fully saturated rings. The minimum absolute atomic E-state index is 0.0444. The standard InChI is InChI=1S/C16H31N2O4/c1-15(2)11-13(12-16(3,4)18(15)21)17-14(20)22-10-8-6-5-7-9-19/h13,19H,5-12H2,1-4H3,(H,17,20). The number of rotatable bonds is 7. The van der Waals surface area contributed by atoms with Gasteiger partial charge in [0.1, 0.15) is 0 Å². The summed E-state index contributed by atoms with van der Waals surface area (Å²) in [5.41, 5.74) is -0.992. The number of carbonyl (C=O) groups is 1. The Morgan fingerprint density at radius 3 is 2.23 bits per heavy atom. The maximum atomic E-state index is 12.3. The van der Waals surface area contributed by atoms with Gasteiger partial charge in [0.05, 0.1) is 6.61 Å². The molecule has 0 aliphatic carbocycles. The normalized spacial score (nSPS) is 21.5. The van der Waals surface area contributed by atoms with E-state index in [9.17, 15) is 10.0 Å². The molecule has 0 bridgehead atoms. The minimum atomic E-state index is -0.496. The second-order valence-corrected chi connectivity index (χ2v) is 7.44. The Bertz CT molecular complexity index is 340. The lowest BCUT2D eigenvalue weighted by Gasteiger charge is -2.49. The molecule has 0 aromatic carbocycles. The van der Waals surface area contributed by atoms with Crippen LogP contribution in [-0.2, 0) is 9.94 Å². The Hall–Kier alpha value is -0.850. The number of hydroxylamine groups is 2. The first kappa shape index (κ1) is 19.2. The number of hydrogen-bond donors (Lipinski definition) is 2. The van der Waals surface area contributed by atoms with Crippen molar-refractivity contribution in [3.05, 3.63) is 0 Å². The van der Waals surface area contributed by atoms with Crippen LogP contribution in [-0.4, -0.2) is 46.6 Å². The summed E-state index contributed by atoms with van der Waals surface area (Å²) in [6.07, 6.45) is 4.33. The number of nitrogens with one attached hydrogen (secondary N) is 1. The summed E-state index contributed by atoms with van der Waals surface area (Å²) in [5, 5.41) is 25.0. The predicted octanol–water partition coefficient (Wildman–Crippen LogP) is 2.63. The van der Waals surface area contributed by atoms with Gasteiger partial charge in [-0.25, -0.2) is 4.79 Å². The Labute approximate surface area is 133 Å². The molecule has 6 nitrogen and oxygen atoms in total. The number of ether oxygens (including phenoxy) is 1. The quantitative estimate of drug-likeness (QED) is 0.708. The van der Waals surface area contributed by atoms with Crippen LogP contribution in [0, 0.1) is 0 Å². The van der Waals surface area contributed by atoms with Gasteiger partial charge in [-0.05, 0) is 59.8 Å². The van der Waals surface area contributed by atoms with Gasteiger partial charge in [-0.1, -0.05) is 6.42 Å². The van der Waals surface area contributed by atoms with Crippen molar-refractivity contribution in [2.24, 2.45) is 0 Å². The van der Waals surface area contributed by atoms with E-state index in [4.69, 9.17) is 9.84 Å². The van der Waals surface area contributed by atoms with Crippen LogP contribution in [0.25, 0.3) is 0 Å². The van der Waals surface area contributed by atoms with E-state index in [0.717, 1.165) is 30.7 Å². The van der Waals surface area contributed by atoms with Crippen molar-refractivity contribution in [1.29, 1.82) is 0 Å². The van der Waals surface area contributed by atoms with E-state index < -0.39 is 17.2 Å². The van der Waals surface area contributed by atoms with Gasteiger partial charge in [-0.15, -0.1) is 10.3 Å². The Balaban J connectivity index is 2.32. The minimum Gasteiger partial charge on any atom is -0.450 e. The number of unbranched alkanes of at least 4 members (excludes halogenated alkanes) is 3. The van der Waals surface area contributed by atoms with Crippen LogP contribution in [0.15, 0.2) is 0 Å². The maximum absolute atomic E-state index is 12.3. The molecule has 0 spiro atoms. The molecule has 1 saturated heterocycles. The molecule has 0 saturated carbocycles. The maximum Gasteiger partial charge on any atom is 0.407 e. The zero-order chi connectivity index (χ0) is 16.8. The molecule has 1 amide bonds. The van der Waals surface area contributed by atoms with Crippen LogP contribution in [0.2, 0.25) is 0 Å². The number of hydrogen-bond acceptors (Lipinski definition) is 4. The molecule has 1 radical (unpaired) electrons. The third kappa shape index (κ3) is 5.74. The SMILES string of the molecule is CC1(C)CC(NC(=O)OCCCCCCO)CC(C)(C)N1[O]. The van der Waals surface area contributed by atoms with E-state index in [-0.39, 0.29) is 12.6 Å². The first-order valence-corrected chi connectivity index (χ1v) is 8.21. The van der Waals surface area contributed by atoms with Crippen molar-refractivity contribution in [2.75, 3.05) is 13.2 Å². The van der Waals surface area contributed by atoms with Gasteiger partial charge in [-0.3, -0.25) is 0 Å². The molecule has 1 rings (SSSR count). The zero-order valence-electron chi connectivity index (χ0n) is 14.4. The van der Waals surface area contributed by atoms with Crippen LogP contribution >= 0.6 is 0 Å². The van der Waals surface area contributed by atoms with Gasteiger partial charge in [0.15, 0.2) is 0 Å². The van der Waals surface area contributed by atoms with Gasteiger partial charge >= 0.3 is 6.09 Å². The number of carbonyl (C=O) groups excluding carboxylic acids is 1. The van der Waals surface area contributed by atoms with E-state index in [1.54, 1.807) is 0 Å².